The van der Waals surface area contributed by atoms with Gasteiger partial charge in [-0.15, -0.1) is 0 Å². The Morgan fingerprint density at radius 3 is 2.95 bits per heavy atom. The largest absolute Gasteiger partial charge is 0.496 e. The van der Waals surface area contributed by atoms with Gasteiger partial charge in [0.2, 0.25) is 11.8 Å². The summed E-state index contributed by atoms with van der Waals surface area (Å²) in [5, 5.41) is 2.77. The molecule has 1 aromatic carbocycles. The number of benzene rings is 1. The Bertz CT molecular complexity index is 534. The number of hydrogen-bond acceptors (Lipinski definition) is 3. The highest BCUT2D eigenvalue weighted by Crippen LogP contribution is 2.26. The van der Waals surface area contributed by atoms with Crippen LogP contribution in [0, 0.1) is 0 Å². The maximum atomic E-state index is 12.2. The van der Waals surface area contributed by atoms with Crippen LogP contribution < -0.4 is 10.1 Å². The summed E-state index contributed by atoms with van der Waals surface area (Å²) in [7, 11) is 1.62. The molecule has 2 amide bonds. The predicted octanol–water partition coefficient (Wildman–Crippen LogP) is 1.74. The van der Waals surface area contributed by atoms with Gasteiger partial charge in [0.1, 0.15) is 5.75 Å². The molecule has 1 saturated heterocycles. The molecule has 0 aromatic heterocycles. The second-order valence-electron chi connectivity index (χ2n) is 4.95. The minimum absolute atomic E-state index is 0.0179. The number of nitrogens with one attached hydrogen (secondary N) is 1. The monoisotopic (exact) mass is 354 g/mol. The zero-order chi connectivity index (χ0) is 15.2. The lowest BCUT2D eigenvalue weighted by molar-refractivity contribution is -0.131. The molecule has 1 aliphatic heterocycles. The van der Waals surface area contributed by atoms with E-state index in [1.54, 1.807) is 12.0 Å². The van der Waals surface area contributed by atoms with Crippen LogP contribution >= 0.6 is 15.9 Å². The third kappa shape index (κ3) is 4.46. The summed E-state index contributed by atoms with van der Waals surface area (Å²) in [5.74, 6) is 0.894. The maximum absolute atomic E-state index is 12.2. The molecule has 1 aromatic rings. The minimum Gasteiger partial charge on any atom is -0.496 e. The van der Waals surface area contributed by atoms with E-state index in [-0.39, 0.29) is 11.8 Å². The fourth-order valence-electron chi connectivity index (χ4n) is 2.29. The Hall–Kier alpha value is -1.56. The quantitative estimate of drug-likeness (QED) is 0.895. The first kappa shape index (κ1) is 15.8. The zero-order valence-corrected chi connectivity index (χ0v) is 13.6. The van der Waals surface area contributed by atoms with Gasteiger partial charge in [-0.3, -0.25) is 9.59 Å². The van der Waals surface area contributed by atoms with Crippen molar-refractivity contribution in [2.75, 3.05) is 26.7 Å². The molecule has 6 heteroatoms. The molecule has 0 spiro atoms. The fraction of sp³-hybridized carbons (Fsp3) is 0.467. The Kier molecular flexibility index (Phi) is 5.61. The number of hydrogen-bond donors (Lipinski definition) is 1. The second kappa shape index (κ2) is 7.45. The molecule has 114 valence electrons. The van der Waals surface area contributed by atoms with Crippen molar-refractivity contribution >= 4 is 27.7 Å². The summed E-state index contributed by atoms with van der Waals surface area (Å²) in [5.41, 5.74) is 1.08. The molecule has 0 atom stereocenters. The van der Waals surface area contributed by atoms with Crippen LogP contribution in [-0.4, -0.2) is 43.5 Å². The van der Waals surface area contributed by atoms with Crippen LogP contribution in [-0.2, 0) is 16.0 Å². The number of carbonyl (C=O) groups excluding carboxylic acids is 2. The normalized spacial score (nSPS) is 15.3. The third-order valence-corrected chi connectivity index (χ3v) is 4.13. The van der Waals surface area contributed by atoms with Gasteiger partial charge in [0.15, 0.2) is 0 Å². The van der Waals surface area contributed by atoms with Crippen LogP contribution in [0.2, 0.25) is 0 Å². The predicted molar refractivity (Wildman–Crippen MR) is 83.2 cm³/mol. The molecular formula is C15H19BrN2O3. The van der Waals surface area contributed by atoms with E-state index in [0.717, 1.165) is 15.8 Å². The first-order valence-electron chi connectivity index (χ1n) is 6.97. The van der Waals surface area contributed by atoms with Crippen molar-refractivity contribution in [1.82, 2.24) is 10.2 Å². The van der Waals surface area contributed by atoms with Gasteiger partial charge in [0.05, 0.1) is 11.6 Å². The molecule has 1 fully saturated rings. The van der Waals surface area contributed by atoms with E-state index in [0.29, 0.717) is 38.9 Å². The number of halogens is 1. The SMILES string of the molecule is COc1ccc(CCC(=O)N2CCNC(=O)CC2)cc1Br. The molecule has 21 heavy (non-hydrogen) atoms. The lowest BCUT2D eigenvalue weighted by Gasteiger charge is -2.19. The van der Waals surface area contributed by atoms with Crippen molar-refractivity contribution in [3.8, 4) is 5.75 Å². The van der Waals surface area contributed by atoms with E-state index >= 15 is 0 Å². The standard InChI is InChI=1S/C15H19BrN2O3/c1-21-13-4-2-11(10-12(13)16)3-5-15(20)18-8-6-14(19)17-7-9-18/h2,4,10H,3,5-9H2,1H3,(H,17,19). The topological polar surface area (TPSA) is 58.6 Å². The van der Waals surface area contributed by atoms with Crippen molar-refractivity contribution in [2.24, 2.45) is 0 Å². The molecule has 1 aliphatic rings. The van der Waals surface area contributed by atoms with Gasteiger partial charge in [-0.1, -0.05) is 6.07 Å². The van der Waals surface area contributed by atoms with Gasteiger partial charge in [-0.05, 0) is 40.0 Å². The number of amides is 2. The molecule has 1 N–H and O–H groups in total. The number of ether oxygens (including phenoxy) is 1. The van der Waals surface area contributed by atoms with Crippen LogP contribution in [0.4, 0.5) is 0 Å². The molecule has 0 radical (unpaired) electrons. The minimum atomic E-state index is 0.0179. The molecule has 5 nitrogen and oxygen atoms in total. The van der Waals surface area contributed by atoms with Crippen LogP contribution in [0.3, 0.4) is 0 Å². The Morgan fingerprint density at radius 2 is 2.24 bits per heavy atom. The number of carbonyl (C=O) groups is 2. The van der Waals surface area contributed by atoms with Crippen LogP contribution in [0.15, 0.2) is 22.7 Å². The summed E-state index contributed by atoms with van der Waals surface area (Å²) < 4.78 is 6.07. The van der Waals surface area contributed by atoms with E-state index in [2.05, 4.69) is 21.2 Å². The van der Waals surface area contributed by atoms with Gasteiger partial charge in [-0.2, -0.15) is 0 Å². The van der Waals surface area contributed by atoms with E-state index in [9.17, 15) is 9.59 Å². The first-order valence-corrected chi connectivity index (χ1v) is 7.76. The van der Waals surface area contributed by atoms with Crippen LogP contribution in [0.1, 0.15) is 18.4 Å². The molecule has 1 heterocycles. The van der Waals surface area contributed by atoms with E-state index in [1.165, 1.54) is 0 Å². The van der Waals surface area contributed by atoms with Crippen LogP contribution in [0.5, 0.6) is 5.75 Å². The molecule has 0 saturated carbocycles. The summed E-state index contributed by atoms with van der Waals surface area (Å²) in [6, 6.07) is 5.82. The van der Waals surface area contributed by atoms with Crippen molar-refractivity contribution < 1.29 is 14.3 Å². The Morgan fingerprint density at radius 1 is 1.43 bits per heavy atom. The van der Waals surface area contributed by atoms with Crippen molar-refractivity contribution in [3.05, 3.63) is 28.2 Å². The van der Waals surface area contributed by atoms with Gasteiger partial charge in [0, 0.05) is 32.5 Å². The van der Waals surface area contributed by atoms with Crippen molar-refractivity contribution in [3.63, 3.8) is 0 Å². The first-order chi connectivity index (χ1) is 10.1. The number of nitrogens with zero attached hydrogens (tertiary/aromatic N) is 1. The third-order valence-electron chi connectivity index (χ3n) is 3.51. The molecule has 2 rings (SSSR count). The Labute approximate surface area is 132 Å². The van der Waals surface area contributed by atoms with Crippen molar-refractivity contribution in [2.45, 2.75) is 19.3 Å². The second-order valence-corrected chi connectivity index (χ2v) is 5.80. The van der Waals surface area contributed by atoms with E-state index in [1.807, 2.05) is 18.2 Å². The maximum Gasteiger partial charge on any atom is 0.222 e. The number of aryl methyl sites for hydroxylation is 1. The molecule has 0 bridgehead atoms. The molecular weight excluding hydrogens is 336 g/mol. The Balaban J connectivity index is 1.88. The van der Waals surface area contributed by atoms with E-state index in [4.69, 9.17) is 4.74 Å². The lowest BCUT2D eigenvalue weighted by Crippen LogP contribution is -2.34. The summed E-state index contributed by atoms with van der Waals surface area (Å²) in [6.07, 6.45) is 1.52. The van der Waals surface area contributed by atoms with Crippen LogP contribution in [0.25, 0.3) is 0 Å². The average Bonchev–Trinajstić information content (AvgIpc) is 2.69. The van der Waals surface area contributed by atoms with Gasteiger partial charge >= 0.3 is 0 Å². The van der Waals surface area contributed by atoms with Crippen molar-refractivity contribution in [1.29, 1.82) is 0 Å². The zero-order valence-electron chi connectivity index (χ0n) is 12.0. The molecule has 0 aliphatic carbocycles. The fourth-order valence-corrected chi connectivity index (χ4v) is 2.88. The highest BCUT2D eigenvalue weighted by molar-refractivity contribution is 9.10. The summed E-state index contributed by atoms with van der Waals surface area (Å²) in [6.45, 7) is 1.65. The molecule has 0 unspecified atom stereocenters. The number of rotatable bonds is 4. The lowest BCUT2D eigenvalue weighted by atomic mass is 10.1. The highest BCUT2D eigenvalue weighted by atomic mass is 79.9. The summed E-state index contributed by atoms with van der Waals surface area (Å²) in [4.78, 5) is 25.2. The van der Waals surface area contributed by atoms with Gasteiger partial charge < -0.3 is 15.0 Å². The average molecular weight is 355 g/mol. The van der Waals surface area contributed by atoms with Gasteiger partial charge in [0.25, 0.3) is 0 Å². The smallest absolute Gasteiger partial charge is 0.222 e. The highest BCUT2D eigenvalue weighted by Gasteiger charge is 2.18. The van der Waals surface area contributed by atoms with E-state index < -0.39 is 0 Å². The summed E-state index contributed by atoms with van der Waals surface area (Å²) >= 11 is 3.44. The number of methoxy groups -OCH3 is 1. The van der Waals surface area contributed by atoms with Gasteiger partial charge in [-0.25, -0.2) is 0 Å².